The summed E-state index contributed by atoms with van der Waals surface area (Å²) in [4.78, 5) is 22.7. The minimum absolute atomic E-state index is 0.0355. The molecule has 2 N–H and O–H groups in total. The van der Waals surface area contributed by atoms with Crippen LogP contribution in [0.1, 0.15) is 47.2 Å². The van der Waals surface area contributed by atoms with Crippen molar-refractivity contribution in [2.24, 2.45) is 0 Å². The number of nitrogens with one attached hydrogen (secondary N) is 1. The summed E-state index contributed by atoms with van der Waals surface area (Å²) < 4.78 is 25.1. The van der Waals surface area contributed by atoms with Crippen LogP contribution >= 0.6 is 0 Å². The van der Waals surface area contributed by atoms with E-state index in [-0.39, 0.29) is 48.6 Å². The third kappa shape index (κ3) is 6.21. The van der Waals surface area contributed by atoms with E-state index in [1.165, 1.54) is 16.9 Å². The Morgan fingerprint density at radius 1 is 1.23 bits per heavy atom. The quantitative estimate of drug-likeness (QED) is 0.485. The van der Waals surface area contributed by atoms with E-state index in [2.05, 4.69) is 30.7 Å². The van der Waals surface area contributed by atoms with E-state index in [1.54, 1.807) is 19.1 Å². The van der Waals surface area contributed by atoms with Crippen LogP contribution in [0, 0.1) is 12.7 Å². The highest BCUT2D eigenvalue weighted by Crippen LogP contribution is 2.20. The molecule has 12 heteroatoms. The SMILES string of the molecule is Cc1nc(C(=O)NCc2ccc(F)c(C(C)C)c2)cc(-c2nnn(C[C@H]3CO[C@H](CO)CO3)n2)n1. The number of ether oxygens (including phenoxy) is 2. The molecule has 2 aromatic heterocycles. The van der Waals surface area contributed by atoms with Crippen molar-refractivity contribution >= 4 is 5.91 Å². The number of halogens is 1. The number of rotatable bonds is 8. The van der Waals surface area contributed by atoms with Crippen LogP contribution in [0.5, 0.6) is 0 Å². The maximum Gasteiger partial charge on any atom is 0.270 e. The summed E-state index contributed by atoms with van der Waals surface area (Å²) in [6.07, 6.45) is -0.588. The molecule has 0 unspecified atom stereocenters. The topological polar surface area (TPSA) is 137 Å². The monoisotopic (exact) mass is 485 g/mol. The highest BCUT2D eigenvalue weighted by molar-refractivity contribution is 5.93. The lowest BCUT2D eigenvalue weighted by Gasteiger charge is -2.27. The number of aliphatic hydroxyl groups excluding tert-OH is 1. The van der Waals surface area contributed by atoms with E-state index in [4.69, 9.17) is 14.6 Å². The van der Waals surface area contributed by atoms with Crippen LogP contribution in [-0.2, 0) is 22.6 Å². The Balaban J connectivity index is 1.42. The third-order valence-electron chi connectivity index (χ3n) is 5.49. The van der Waals surface area contributed by atoms with Gasteiger partial charge in [-0.1, -0.05) is 26.0 Å². The molecule has 0 radical (unpaired) electrons. The van der Waals surface area contributed by atoms with E-state index in [0.717, 1.165) is 5.56 Å². The molecule has 1 saturated heterocycles. The number of amides is 1. The molecule has 0 spiro atoms. The van der Waals surface area contributed by atoms with Crippen molar-refractivity contribution in [1.29, 1.82) is 0 Å². The second-order valence-corrected chi connectivity index (χ2v) is 8.64. The number of hydrogen-bond donors (Lipinski definition) is 2. The Morgan fingerprint density at radius 3 is 2.71 bits per heavy atom. The Kier molecular flexibility index (Phi) is 7.73. The first-order valence-corrected chi connectivity index (χ1v) is 11.4. The highest BCUT2D eigenvalue weighted by Gasteiger charge is 2.23. The van der Waals surface area contributed by atoms with E-state index >= 15 is 0 Å². The number of benzene rings is 1. The van der Waals surface area contributed by atoms with Crippen molar-refractivity contribution in [2.75, 3.05) is 19.8 Å². The van der Waals surface area contributed by atoms with Crippen LogP contribution in [0.25, 0.3) is 11.5 Å². The second kappa shape index (κ2) is 10.9. The van der Waals surface area contributed by atoms with Gasteiger partial charge in [0.05, 0.1) is 26.4 Å². The summed E-state index contributed by atoms with van der Waals surface area (Å²) in [5.41, 5.74) is 1.91. The maximum atomic E-state index is 14.0. The van der Waals surface area contributed by atoms with Crippen LogP contribution in [0.4, 0.5) is 4.39 Å². The highest BCUT2D eigenvalue weighted by atomic mass is 19.1. The lowest BCUT2D eigenvalue weighted by atomic mass is 10.00. The van der Waals surface area contributed by atoms with Gasteiger partial charge in [0.1, 0.15) is 35.2 Å². The number of aryl methyl sites for hydroxylation is 1. The molecule has 3 aromatic rings. The average Bonchev–Trinajstić information content (AvgIpc) is 3.31. The van der Waals surface area contributed by atoms with Crippen LogP contribution in [-0.4, -0.2) is 73.2 Å². The van der Waals surface area contributed by atoms with Crippen LogP contribution in [0.2, 0.25) is 0 Å². The van der Waals surface area contributed by atoms with Gasteiger partial charge in [0.15, 0.2) is 0 Å². The lowest BCUT2D eigenvalue weighted by Crippen LogP contribution is -2.40. The number of carbonyl (C=O) groups is 1. The van der Waals surface area contributed by atoms with E-state index in [0.29, 0.717) is 36.8 Å². The molecule has 186 valence electrons. The number of nitrogens with zero attached hydrogens (tertiary/aromatic N) is 6. The minimum Gasteiger partial charge on any atom is -0.394 e. The van der Waals surface area contributed by atoms with Crippen LogP contribution < -0.4 is 5.32 Å². The first-order chi connectivity index (χ1) is 16.8. The molecule has 2 atom stereocenters. The maximum absolute atomic E-state index is 14.0. The van der Waals surface area contributed by atoms with Gasteiger partial charge < -0.3 is 19.9 Å². The first kappa shape index (κ1) is 24.8. The van der Waals surface area contributed by atoms with Gasteiger partial charge in [-0.15, -0.1) is 10.2 Å². The van der Waals surface area contributed by atoms with Crippen LogP contribution in [0.3, 0.4) is 0 Å². The molecule has 1 aliphatic rings. The largest absolute Gasteiger partial charge is 0.394 e. The molecule has 0 bridgehead atoms. The van der Waals surface area contributed by atoms with Crippen molar-refractivity contribution < 1.29 is 23.8 Å². The third-order valence-corrected chi connectivity index (χ3v) is 5.49. The van der Waals surface area contributed by atoms with Crippen LogP contribution in [0.15, 0.2) is 24.3 Å². The Labute approximate surface area is 201 Å². The van der Waals surface area contributed by atoms with Crippen molar-refractivity contribution in [2.45, 2.75) is 52.0 Å². The van der Waals surface area contributed by atoms with Gasteiger partial charge in [-0.25, -0.2) is 14.4 Å². The normalized spacial score (nSPS) is 18.1. The Morgan fingerprint density at radius 2 is 2.00 bits per heavy atom. The molecule has 1 aromatic carbocycles. The van der Waals surface area contributed by atoms with Gasteiger partial charge in [-0.05, 0) is 41.3 Å². The number of tetrazole rings is 1. The van der Waals surface area contributed by atoms with Gasteiger partial charge in [0.2, 0.25) is 5.82 Å². The molecule has 35 heavy (non-hydrogen) atoms. The smallest absolute Gasteiger partial charge is 0.270 e. The van der Waals surface area contributed by atoms with Gasteiger partial charge >= 0.3 is 0 Å². The molecule has 4 rings (SSSR count). The van der Waals surface area contributed by atoms with Crippen molar-refractivity contribution in [3.05, 3.63) is 52.7 Å². The molecular formula is C23H28FN7O4. The molecular weight excluding hydrogens is 457 g/mol. The molecule has 1 amide bonds. The van der Waals surface area contributed by atoms with Crippen molar-refractivity contribution in [1.82, 2.24) is 35.5 Å². The molecule has 0 saturated carbocycles. The van der Waals surface area contributed by atoms with Gasteiger partial charge in [-0.3, -0.25) is 4.79 Å². The first-order valence-electron chi connectivity index (χ1n) is 11.4. The molecule has 11 nitrogen and oxygen atoms in total. The van der Waals surface area contributed by atoms with Gasteiger partial charge in [0.25, 0.3) is 5.91 Å². The fourth-order valence-corrected chi connectivity index (χ4v) is 3.62. The zero-order valence-electron chi connectivity index (χ0n) is 19.8. The zero-order valence-corrected chi connectivity index (χ0v) is 19.8. The number of aromatic nitrogens is 6. The number of carbonyl (C=O) groups excluding carboxylic acids is 1. The summed E-state index contributed by atoms with van der Waals surface area (Å²) in [5, 5.41) is 24.3. The summed E-state index contributed by atoms with van der Waals surface area (Å²) in [6, 6.07) is 6.31. The average molecular weight is 486 g/mol. The Bertz CT molecular complexity index is 1180. The summed E-state index contributed by atoms with van der Waals surface area (Å²) in [5.74, 6) is 0.00392. The Hall–Kier alpha value is -3.35. The predicted octanol–water partition coefficient (Wildman–Crippen LogP) is 1.41. The molecule has 1 fully saturated rings. The summed E-state index contributed by atoms with van der Waals surface area (Å²) in [6.45, 7) is 6.56. The second-order valence-electron chi connectivity index (χ2n) is 8.64. The molecule has 3 heterocycles. The van der Waals surface area contributed by atoms with Crippen molar-refractivity contribution in [3.8, 4) is 11.5 Å². The lowest BCUT2D eigenvalue weighted by molar-refractivity contribution is -0.150. The predicted molar refractivity (Wildman–Crippen MR) is 122 cm³/mol. The summed E-state index contributed by atoms with van der Waals surface area (Å²) in [7, 11) is 0. The molecule has 0 aliphatic carbocycles. The fraction of sp³-hybridized carbons (Fsp3) is 0.478. The number of hydrogen-bond acceptors (Lipinski definition) is 9. The van der Waals surface area contributed by atoms with E-state index in [1.807, 2.05) is 13.8 Å². The number of aliphatic hydroxyl groups is 1. The van der Waals surface area contributed by atoms with Gasteiger partial charge in [0, 0.05) is 6.54 Å². The van der Waals surface area contributed by atoms with Crippen molar-refractivity contribution in [3.63, 3.8) is 0 Å². The fourth-order valence-electron chi connectivity index (χ4n) is 3.62. The van der Waals surface area contributed by atoms with E-state index < -0.39 is 5.91 Å². The minimum atomic E-state index is -0.397. The molecule has 1 aliphatic heterocycles. The zero-order chi connectivity index (χ0) is 24.9. The summed E-state index contributed by atoms with van der Waals surface area (Å²) >= 11 is 0. The van der Waals surface area contributed by atoms with Gasteiger partial charge in [-0.2, -0.15) is 4.80 Å². The van der Waals surface area contributed by atoms with E-state index in [9.17, 15) is 9.18 Å². The standard InChI is InChI=1S/C23H28FN7O4/c1-13(2)18-6-15(4-5-19(18)24)8-25-23(33)21-7-20(26-14(3)27-21)22-28-30-31(29-22)9-16-11-35-17(10-32)12-34-16/h4-7,13,16-17,32H,8-12H2,1-3H3,(H,25,33)/t16-,17+/m0/s1.